The molecule has 116 valence electrons. The van der Waals surface area contributed by atoms with Crippen LogP contribution in [-0.2, 0) is 15.9 Å². The van der Waals surface area contributed by atoms with Gasteiger partial charge in [0, 0.05) is 5.02 Å². The zero-order chi connectivity index (χ0) is 15.8. The molecule has 21 heavy (non-hydrogen) atoms. The first-order chi connectivity index (χ1) is 9.97. The maximum absolute atomic E-state index is 11.3. The van der Waals surface area contributed by atoms with Crippen molar-refractivity contribution in [3.63, 3.8) is 0 Å². The normalized spacial score (nSPS) is 11.8. The smallest absolute Gasteiger partial charge is 0.478 e. The Labute approximate surface area is 128 Å². The van der Waals surface area contributed by atoms with Crippen LogP contribution in [0.25, 0.3) is 0 Å². The molecular formula is C15H19ClO5. The van der Waals surface area contributed by atoms with Crippen LogP contribution in [0.5, 0.6) is 0 Å². The fraction of sp³-hybridized carbons (Fsp3) is 0.467. The van der Waals surface area contributed by atoms with Crippen molar-refractivity contribution in [2.75, 3.05) is 6.61 Å². The van der Waals surface area contributed by atoms with Crippen LogP contribution < -0.4 is 0 Å². The highest BCUT2D eigenvalue weighted by Gasteiger charge is 2.16. The quantitative estimate of drug-likeness (QED) is 0.772. The van der Waals surface area contributed by atoms with Crippen molar-refractivity contribution in [1.29, 1.82) is 0 Å². The summed E-state index contributed by atoms with van der Waals surface area (Å²) in [6.07, 6.45) is 0.580. The van der Waals surface area contributed by atoms with Crippen LogP contribution >= 0.6 is 11.6 Å². The highest BCUT2D eigenvalue weighted by Crippen LogP contribution is 2.19. The molecule has 1 aromatic rings. The molecule has 0 bridgehead atoms. The van der Waals surface area contributed by atoms with Gasteiger partial charge >= 0.3 is 12.1 Å². The molecule has 1 unspecified atom stereocenters. The maximum atomic E-state index is 11.3. The van der Waals surface area contributed by atoms with Crippen molar-refractivity contribution >= 4 is 23.7 Å². The van der Waals surface area contributed by atoms with Gasteiger partial charge in [0.15, 0.2) is 0 Å². The van der Waals surface area contributed by atoms with Gasteiger partial charge in [-0.2, -0.15) is 0 Å². The number of hydrogen-bond donors (Lipinski definition) is 1. The van der Waals surface area contributed by atoms with Crippen LogP contribution in [0.15, 0.2) is 18.2 Å². The lowest BCUT2D eigenvalue weighted by Crippen LogP contribution is -2.19. The monoisotopic (exact) mass is 314 g/mol. The van der Waals surface area contributed by atoms with Gasteiger partial charge in [-0.1, -0.05) is 18.5 Å². The van der Waals surface area contributed by atoms with E-state index in [1.165, 1.54) is 6.07 Å². The number of carboxylic acid groups (broad SMARTS) is 1. The Kier molecular flexibility index (Phi) is 7.02. The third kappa shape index (κ3) is 5.63. The van der Waals surface area contributed by atoms with Crippen molar-refractivity contribution in [3.05, 3.63) is 34.3 Å². The van der Waals surface area contributed by atoms with Crippen LogP contribution in [0.2, 0.25) is 5.02 Å². The zero-order valence-corrected chi connectivity index (χ0v) is 12.9. The Hall–Kier alpha value is -1.75. The molecule has 1 atom stereocenters. The first kappa shape index (κ1) is 17.3. The van der Waals surface area contributed by atoms with Crippen molar-refractivity contribution in [1.82, 2.24) is 0 Å². The average Bonchev–Trinajstić information content (AvgIpc) is 2.43. The van der Waals surface area contributed by atoms with Gasteiger partial charge in [-0.3, -0.25) is 0 Å². The number of benzene rings is 1. The first-order valence-electron chi connectivity index (χ1n) is 6.83. The van der Waals surface area contributed by atoms with E-state index in [9.17, 15) is 9.59 Å². The molecule has 0 aliphatic carbocycles. The summed E-state index contributed by atoms with van der Waals surface area (Å²) < 4.78 is 9.88. The van der Waals surface area contributed by atoms with Crippen molar-refractivity contribution < 1.29 is 24.2 Å². The minimum absolute atomic E-state index is 0.213. The van der Waals surface area contributed by atoms with Crippen molar-refractivity contribution in [3.8, 4) is 0 Å². The highest BCUT2D eigenvalue weighted by molar-refractivity contribution is 6.30. The Morgan fingerprint density at radius 2 is 2.05 bits per heavy atom. The molecule has 0 radical (unpaired) electrons. The second-order valence-electron chi connectivity index (χ2n) is 4.48. The SMILES string of the molecule is CCOC(=O)OC(CC)CCc1cc(Cl)ccc1C(=O)O. The molecule has 0 spiro atoms. The van der Waals surface area contributed by atoms with Crippen LogP contribution in [0.1, 0.15) is 42.6 Å². The van der Waals surface area contributed by atoms with E-state index in [4.69, 9.17) is 26.2 Å². The lowest BCUT2D eigenvalue weighted by molar-refractivity contribution is 0.0222. The van der Waals surface area contributed by atoms with Gasteiger partial charge in [-0.15, -0.1) is 0 Å². The molecule has 0 aromatic heterocycles. The Bertz CT molecular complexity index is 501. The minimum atomic E-state index is -0.999. The Morgan fingerprint density at radius 1 is 1.33 bits per heavy atom. The van der Waals surface area contributed by atoms with Gasteiger partial charge in [0.1, 0.15) is 6.10 Å². The summed E-state index contributed by atoms with van der Waals surface area (Å²) in [4.78, 5) is 22.5. The number of carbonyl (C=O) groups is 2. The van der Waals surface area contributed by atoms with E-state index in [1.807, 2.05) is 6.92 Å². The topological polar surface area (TPSA) is 72.8 Å². The largest absolute Gasteiger partial charge is 0.508 e. The number of aromatic carboxylic acids is 1. The summed E-state index contributed by atoms with van der Waals surface area (Å²) in [5.74, 6) is -0.999. The third-order valence-electron chi connectivity index (χ3n) is 3.01. The molecule has 0 saturated heterocycles. The summed E-state index contributed by atoms with van der Waals surface area (Å²) in [6.45, 7) is 3.85. The fourth-order valence-electron chi connectivity index (χ4n) is 1.93. The summed E-state index contributed by atoms with van der Waals surface area (Å²) >= 11 is 5.90. The average molecular weight is 315 g/mol. The molecule has 0 heterocycles. The van der Waals surface area contributed by atoms with Gasteiger partial charge in [0.25, 0.3) is 0 Å². The van der Waals surface area contributed by atoms with E-state index < -0.39 is 12.1 Å². The van der Waals surface area contributed by atoms with Crippen LogP contribution in [0.4, 0.5) is 4.79 Å². The maximum Gasteiger partial charge on any atom is 0.508 e. The lowest BCUT2D eigenvalue weighted by Gasteiger charge is -2.16. The second-order valence-corrected chi connectivity index (χ2v) is 4.91. The van der Waals surface area contributed by atoms with E-state index in [2.05, 4.69) is 0 Å². The fourth-order valence-corrected chi connectivity index (χ4v) is 2.12. The molecule has 1 aromatic carbocycles. The standard InChI is InChI=1S/C15H19ClO5/c1-3-12(21-15(19)20-4-2)7-5-10-9-11(16)6-8-13(10)14(17)18/h6,8-9,12H,3-5,7H2,1-2H3,(H,17,18). The van der Waals surface area contributed by atoms with E-state index in [0.29, 0.717) is 29.8 Å². The number of aryl methyl sites for hydroxylation is 1. The van der Waals surface area contributed by atoms with Gasteiger partial charge in [-0.05, 0) is 49.9 Å². The molecule has 0 fully saturated rings. The van der Waals surface area contributed by atoms with Gasteiger partial charge in [0.05, 0.1) is 12.2 Å². The molecule has 0 saturated carbocycles. The Morgan fingerprint density at radius 3 is 2.62 bits per heavy atom. The second kappa shape index (κ2) is 8.52. The number of hydrogen-bond acceptors (Lipinski definition) is 4. The third-order valence-corrected chi connectivity index (χ3v) is 3.25. The molecule has 0 aliphatic heterocycles. The van der Waals surface area contributed by atoms with Gasteiger partial charge < -0.3 is 14.6 Å². The predicted octanol–water partition coefficient (Wildman–Crippen LogP) is 3.92. The molecular weight excluding hydrogens is 296 g/mol. The summed E-state index contributed by atoms with van der Waals surface area (Å²) in [5.41, 5.74) is 0.839. The lowest BCUT2D eigenvalue weighted by atomic mass is 10.0. The van der Waals surface area contributed by atoms with E-state index in [0.717, 1.165) is 0 Å². The van der Waals surface area contributed by atoms with Crippen LogP contribution in [-0.4, -0.2) is 29.9 Å². The molecule has 0 amide bonds. The van der Waals surface area contributed by atoms with E-state index >= 15 is 0 Å². The summed E-state index contributed by atoms with van der Waals surface area (Å²) in [6, 6.07) is 4.65. The number of carboxylic acids is 1. The number of ether oxygens (including phenoxy) is 2. The molecule has 6 heteroatoms. The predicted molar refractivity (Wildman–Crippen MR) is 78.9 cm³/mol. The number of halogens is 1. The van der Waals surface area contributed by atoms with Crippen molar-refractivity contribution in [2.24, 2.45) is 0 Å². The first-order valence-corrected chi connectivity index (χ1v) is 7.20. The van der Waals surface area contributed by atoms with E-state index in [-0.39, 0.29) is 18.3 Å². The zero-order valence-electron chi connectivity index (χ0n) is 12.1. The molecule has 1 N–H and O–H groups in total. The van der Waals surface area contributed by atoms with Gasteiger partial charge in [-0.25, -0.2) is 9.59 Å². The molecule has 0 aliphatic rings. The number of carbonyl (C=O) groups excluding carboxylic acids is 1. The Balaban J connectivity index is 2.70. The molecule has 5 nitrogen and oxygen atoms in total. The van der Waals surface area contributed by atoms with Crippen LogP contribution in [0, 0.1) is 0 Å². The minimum Gasteiger partial charge on any atom is -0.478 e. The van der Waals surface area contributed by atoms with Crippen LogP contribution in [0.3, 0.4) is 0 Å². The highest BCUT2D eigenvalue weighted by atomic mass is 35.5. The summed E-state index contributed by atoms with van der Waals surface area (Å²) in [5, 5.41) is 9.63. The van der Waals surface area contributed by atoms with Gasteiger partial charge in [0.2, 0.25) is 0 Å². The van der Waals surface area contributed by atoms with Crippen molar-refractivity contribution in [2.45, 2.75) is 39.2 Å². The van der Waals surface area contributed by atoms with E-state index in [1.54, 1.807) is 19.1 Å². The number of rotatable bonds is 7. The summed E-state index contributed by atoms with van der Waals surface area (Å²) in [7, 11) is 0. The molecule has 1 rings (SSSR count).